The van der Waals surface area contributed by atoms with E-state index in [-0.39, 0.29) is 17.1 Å². The van der Waals surface area contributed by atoms with Gasteiger partial charge in [-0.05, 0) is 17.7 Å². The fourth-order valence-corrected chi connectivity index (χ4v) is 2.07. The Kier molecular flexibility index (Phi) is 3.08. The summed E-state index contributed by atoms with van der Waals surface area (Å²) in [6.45, 7) is 0.421. The first kappa shape index (κ1) is 12.6. The molecule has 1 heterocycles. The molecule has 0 aliphatic rings. The predicted octanol–water partition coefficient (Wildman–Crippen LogP) is 3.26. The van der Waals surface area contributed by atoms with Crippen molar-refractivity contribution in [3.05, 3.63) is 71.2 Å². The normalized spacial score (nSPS) is 10.9. The maximum atomic E-state index is 13.5. The molecule has 0 unspecified atom stereocenters. The number of para-hydroxylation sites is 1. The number of ketones is 1. The van der Waals surface area contributed by atoms with Gasteiger partial charge in [-0.25, -0.2) is 4.39 Å². The number of nitrogens with two attached hydrogens (primary N) is 1. The highest BCUT2D eigenvalue weighted by Gasteiger charge is 2.16. The first-order valence-electron chi connectivity index (χ1n) is 6.21. The van der Waals surface area contributed by atoms with Gasteiger partial charge in [-0.15, -0.1) is 0 Å². The van der Waals surface area contributed by atoms with Crippen molar-refractivity contribution >= 4 is 16.8 Å². The van der Waals surface area contributed by atoms with Crippen molar-refractivity contribution in [1.82, 2.24) is 0 Å². The van der Waals surface area contributed by atoms with Gasteiger partial charge in [0, 0.05) is 17.5 Å². The Bertz CT molecular complexity index is 775. The van der Waals surface area contributed by atoms with Crippen molar-refractivity contribution in [1.29, 1.82) is 0 Å². The van der Waals surface area contributed by atoms with Crippen LogP contribution in [-0.4, -0.2) is 5.78 Å². The van der Waals surface area contributed by atoms with Gasteiger partial charge in [0.2, 0.25) is 5.78 Å². The zero-order valence-corrected chi connectivity index (χ0v) is 10.6. The summed E-state index contributed by atoms with van der Waals surface area (Å²) in [7, 11) is 0. The van der Waals surface area contributed by atoms with Crippen molar-refractivity contribution in [2.24, 2.45) is 5.73 Å². The van der Waals surface area contributed by atoms with Gasteiger partial charge in [-0.2, -0.15) is 0 Å². The van der Waals surface area contributed by atoms with Gasteiger partial charge in [0.1, 0.15) is 0 Å². The average Bonchev–Trinajstić information content (AvgIpc) is 2.92. The van der Waals surface area contributed by atoms with Gasteiger partial charge in [-0.1, -0.05) is 36.4 Å². The molecule has 3 nitrogen and oxygen atoms in total. The first-order chi connectivity index (χ1) is 9.69. The number of carbonyl (C=O) groups excluding carboxylic acids is 1. The zero-order valence-electron chi connectivity index (χ0n) is 10.6. The smallest absolute Gasteiger partial charge is 0.228 e. The van der Waals surface area contributed by atoms with Crippen molar-refractivity contribution in [3.8, 4) is 0 Å². The van der Waals surface area contributed by atoms with E-state index in [1.54, 1.807) is 42.5 Å². The molecule has 3 aromatic rings. The van der Waals surface area contributed by atoms with Gasteiger partial charge >= 0.3 is 0 Å². The summed E-state index contributed by atoms with van der Waals surface area (Å²) >= 11 is 0. The maximum absolute atomic E-state index is 13.5. The number of halogens is 1. The van der Waals surface area contributed by atoms with E-state index in [1.807, 2.05) is 0 Å². The Labute approximate surface area is 114 Å². The van der Waals surface area contributed by atoms with Crippen molar-refractivity contribution in [2.45, 2.75) is 6.54 Å². The van der Waals surface area contributed by atoms with Crippen LogP contribution in [0.15, 0.2) is 52.9 Å². The quantitative estimate of drug-likeness (QED) is 0.742. The average molecular weight is 269 g/mol. The molecule has 2 aromatic carbocycles. The molecule has 20 heavy (non-hydrogen) atoms. The number of hydrogen-bond donors (Lipinski definition) is 1. The van der Waals surface area contributed by atoms with E-state index < -0.39 is 5.82 Å². The molecule has 4 heteroatoms. The van der Waals surface area contributed by atoms with Crippen LogP contribution in [0.5, 0.6) is 0 Å². The van der Waals surface area contributed by atoms with Gasteiger partial charge in [0.15, 0.2) is 17.2 Å². The molecule has 0 bridgehead atoms. The lowest BCUT2D eigenvalue weighted by Crippen LogP contribution is -2.01. The highest BCUT2D eigenvalue weighted by Crippen LogP contribution is 2.23. The molecule has 0 saturated heterocycles. The van der Waals surface area contributed by atoms with Gasteiger partial charge in [-0.3, -0.25) is 4.79 Å². The fraction of sp³-hybridized carbons (Fsp3) is 0.0625. The second kappa shape index (κ2) is 4.90. The number of benzene rings is 2. The maximum Gasteiger partial charge on any atom is 0.228 e. The zero-order chi connectivity index (χ0) is 14.1. The number of fused-ring (bicyclic) bond motifs is 1. The topological polar surface area (TPSA) is 56.2 Å². The van der Waals surface area contributed by atoms with Crippen LogP contribution in [0.25, 0.3) is 11.0 Å². The van der Waals surface area contributed by atoms with E-state index >= 15 is 0 Å². The second-order valence-corrected chi connectivity index (χ2v) is 4.50. The van der Waals surface area contributed by atoms with E-state index in [2.05, 4.69) is 0 Å². The van der Waals surface area contributed by atoms with E-state index in [9.17, 15) is 9.18 Å². The van der Waals surface area contributed by atoms with Crippen LogP contribution < -0.4 is 5.73 Å². The molecule has 3 rings (SSSR count). The molecule has 0 aliphatic heterocycles. The summed E-state index contributed by atoms with van der Waals surface area (Å²) in [5.74, 6) is -0.616. The predicted molar refractivity (Wildman–Crippen MR) is 73.9 cm³/mol. The number of hydrogen-bond acceptors (Lipinski definition) is 3. The van der Waals surface area contributed by atoms with Crippen LogP contribution in [0.3, 0.4) is 0 Å². The third kappa shape index (κ3) is 2.10. The Hall–Kier alpha value is -2.46. The highest BCUT2D eigenvalue weighted by molar-refractivity contribution is 6.09. The van der Waals surface area contributed by atoms with Crippen LogP contribution >= 0.6 is 0 Å². The molecule has 100 valence electrons. The minimum Gasteiger partial charge on any atom is -0.449 e. The fourth-order valence-electron chi connectivity index (χ4n) is 2.07. The van der Waals surface area contributed by atoms with Crippen molar-refractivity contribution in [3.63, 3.8) is 0 Å². The van der Waals surface area contributed by atoms with Crippen molar-refractivity contribution < 1.29 is 13.6 Å². The molecular weight excluding hydrogens is 257 g/mol. The first-order valence-corrected chi connectivity index (χ1v) is 6.21. The lowest BCUT2D eigenvalue weighted by molar-refractivity contribution is 0.101. The Morgan fingerprint density at radius 2 is 1.90 bits per heavy atom. The van der Waals surface area contributed by atoms with Crippen LogP contribution in [0.1, 0.15) is 21.7 Å². The highest BCUT2D eigenvalue weighted by atomic mass is 19.1. The minimum atomic E-state index is -0.472. The summed E-state index contributed by atoms with van der Waals surface area (Å²) in [4.78, 5) is 12.3. The number of rotatable bonds is 3. The van der Waals surface area contributed by atoms with E-state index in [0.717, 1.165) is 5.56 Å². The second-order valence-electron chi connectivity index (χ2n) is 4.50. The molecule has 0 amide bonds. The summed E-state index contributed by atoms with van der Waals surface area (Å²) in [5, 5.41) is 0.576. The Morgan fingerprint density at radius 1 is 1.15 bits per heavy atom. The molecule has 0 fully saturated rings. The van der Waals surface area contributed by atoms with Crippen molar-refractivity contribution in [2.75, 3.05) is 0 Å². The molecule has 0 spiro atoms. The largest absolute Gasteiger partial charge is 0.449 e. The standard InChI is InChI=1S/C16H12FNO2/c17-13-3-1-2-12-8-14(20-16(12)13)15(19)11-6-4-10(9-18)5-7-11/h1-8H,9,18H2. The third-order valence-electron chi connectivity index (χ3n) is 3.17. The lowest BCUT2D eigenvalue weighted by Gasteiger charge is -1.99. The minimum absolute atomic E-state index is 0.106. The van der Waals surface area contributed by atoms with Gasteiger partial charge < -0.3 is 10.2 Å². The Morgan fingerprint density at radius 3 is 2.55 bits per heavy atom. The van der Waals surface area contributed by atoms with Gasteiger partial charge in [0.25, 0.3) is 0 Å². The molecule has 1 aromatic heterocycles. The molecule has 0 atom stereocenters. The summed E-state index contributed by atoms with van der Waals surface area (Å²) in [5.41, 5.74) is 7.05. The summed E-state index contributed by atoms with van der Waals surface area (Å²) < 4.78 is 18.9. The molecule has 0 radical (unpaired) electrons. The molecule has 0 aliphatic carbocycles. The number of furan rings is 1. The summed E-state index contributed by atoms with van der Waals surface area (Å²) in [6.07, 6.45) is 0. The SMILES string of the molecule is NCc1ccc(C(=O)c2cc3cccc(F)c3o2)cc1. The lowest BCUT2D eigenvalue weighted by atomic mass is 10.1. The van der Waals surface area contributed by atoms with Crippen LogP contribution in [0, 0.1) is 5.82 Å². The monoisotopic (exact) mass is 269 g/mol. The third-order valence-corrected chi connectivity index (χ3v) is 3.17. The number of carbonyl (C=O) groups is 1. The van der Waals surface area contributed by atoms with Crippen LogP contribution in [0.4, 0.5) is 4.39 Å². The van der Waals surface area contributed by atoms with Crippen LogP contribution in [0.2, 0.25) is 0 Å². The molecule has 2 N–H and O–H groups in total. The van der Waals surface area contributed by atoms with Gasteiger partial charge in [0.05, 0.1) is 0 Å². The van der Waals surface area contributed by atoms with E-state index in [1.165, 1.54) is 6.07 Å². The van der Waals surface area contributed by atoms with Crippen LogP contribution in [-0.2, 0) is 6.54 Å². The van der Waals surface area contributed by atoms with E-state index in [0.29, 0.717) is 17.5 Å². The molecular formula is C16H12FNO2. The van der Waals surface area contributed by atoms with E-state index in [4.69, 9.17) is 10.2 Å². The summed E-state index contributed by atoms with van der Waals surface area (Å²) in [6, 6.07) is 13.1. The molecule has 0 saturated carbocycles. The Balaban J connectivity index is 2.01.